The van der Waals surface area contributed by atoms with E-state index < -0.39 is 0 Å². The van der Waals surface area contributed by atoms with E-state index >= 15 is 0 Å². The fraction of sp³-hybridized carbons (Fsp3) is 0.500. The van der Waals surface area contributed by atoms with E-state index in [1.165, 1.54) is 0 Å². The van der Waals surface area contributed by atoms with Crippen molar-refractivity contribution in [2.75, 3.05) is 13.7 Å². The summed E-state index contributed by atoms with van der Waals surface area (Å²) in [6, 6.07) is 5.44. The molecule has 5 nitrogen and oxygen atoms in total. The second kappa shape index (κ2) is 6.43. The van der Waals surface area contributed by atoms with Gasteiger partial charge in [-0.25, -0.2) is 0 Å². The Morgan fingerprint density at radius 2 is 2.11 bits per heavy atom. The lowest BCUT2D eigenvalue weighted by Crippen LogP contribution is -2.25. The topological polar surface area (TPSA) is 77.1 Å². The minimum absolute atomic E-state index is 0.0714. The fourth-order valence-corrected chi connectivity index (χ4v) is 1.48. The number of hydrogen-bond donors (Lipinski definition) is 2. The molecule has 1 aromatic carbocycles. The molecule has 0 unspecified atom stereocenters. The third-order valence-electron chi connectivity index (χ3n) is 3.11. The van der Waals surface area contributed by atoms with Crippen molar-refractivity contribution in [3.63, 3.8) is 0 Å². The van der Waals surface area contributed by atoms with E-state index in [1.54, 1.807) is 19.2 Å². The standard InChI is InChI=1S/C14H22N2O3/c1-10-5-6-11(13(15)16-17)9-12(10)19-8-7-14(2,3)18-4/h5-6,9,17H,7-8H2,1-4H3,(H2,15,16). The van der Waals surface area contributed by atoms with Crippen molar-refractivity contribution < 1.29 is 14.7 Å². The summed E-state index contributed by atoms with van der Waals surface area (Å²) in [6.45, 7) is 6.51. The van der Waals surface area contributed by atoms with E-state index in [2.05, 4.69) is 5.16 Å². The number of amidine groups is 1. The zero-order valence-electron chi connectivity index (χ0n) is 11.9. The number of aryl methyl sites for hydroxylation is 1. The van der Waals surface area contributed by atoms with Gasteiger partial charge >= 0.3 is 0 Å². The van der Waals surface area contributed by atoms with Gasteiger partial charge < -0.3 is 20.4 Å². The SMILES string of the molecule is COC(C)(C)CCOc1cc(/C(N)=N/O)ccc1C. The first-order valence-corrected chi connectivity index (χ1v) is 6.16. The molecule has 0 aliphatic heterocycles. The number of rotatable bonds is 6. The van der Waals surface area contributed by atoms with Crippen LogP contribution in [0.5, 0.6) is 5.75 Å². The molecule has 0 aliphatic carbocycles. The second-order valence-corrected chi connectivity index (χ2v) is 5.03. The zero-order chi connectivity index (χ0) is 14.5. The van der Waals surface area contributed by atoms with Crippen LogP contribution in [0.15, 0.2) is 23.4 Å². The molecule has 0 amide bonds. The smallest absolute Gasteiger partial charge is 0.170 e. The molecule has 0 fully saturated rings. The molecule has 0 saturated carbocycles. The maximum Gasteiger partial charge on any atom is 0.170 e. The van der Waals surface area contributed by atoms with E-state index in [1.807, 2.05) is 26.8 Å². The summed E-state index contributed by atoms with van der Waals surface area (Å²) in [7, 11) is 1.68. The Hall–Kier alpha value is -1.75. The van der Waals surface area contributed by atoms with Crippen LogP contribution in [0, 0.1) is 6.92 Å². The quantitative estimate of drug-likeness (QED) is 0.358. The first-order valence-electron chi connectivity index (χ1n) is 6.16. The highest BCUT2D eigenvalue weighted by molar-refractivity contribution is 5.97. The molecule has 0 aliphatic rings. The first kappa shape index (κ1) is 15.3. The summed E-state index contributed by atoms with van der Waals surface area (Å²) in [4.78, 5) is 0. The van der Waals surface area contributed by atoms with Crippen molar-refractivity contribution >= 4 is 5.84 Å². The molecule has 1 rings (SSSR count). The van der Waals surface area contributed by atoms with Crippen LogP contribution in [0.1, 0.15) is 31.4 Å². The van der Waals surface area contributed by atoms with Gasteiger partial charge in [-0.05, 0) is 32.4 Å². The third kappa shape index (κ3) is 4.44. The van der Waals surface area contributed by atoms with Crippen LogP contribution in [-0.4, -0.2) is 30.4 Å². The highest BCUT2D eigenvalue weighted by Gasteiger charge is 2.16. The number of benzene rings is 1. The van der Waals surface area contributed by atoms with Crippen LogP contribution in [0.3, 0.4) is 0 Å². The van der Waals surface area contributed by atoms with Gasteiger partial charge in [-0.1, -0.05) is 17.3 Å². The summed E-state index contributed by atoms with van der Waals surface area (Å²) >= 11 is 0. The van der Waals surface area contributed by atoms with Crippen molar-refractivity contribution in [3.05, 3.63) is 29.3 Å². The van der Waals surface area contributed by atoms with Crippen LogP contribution >= 0.6 is 0 Å². The third-order valence-corrected chi connectivity index (χ3v) is 3.11. The maximum atomic E-state index is 8.67. The first-order chi connectivity index (χ1) is 8.89. The van der Waals surface area contributed by atoms with Crippen LogP contribution in [0.4, 0.5) is 0 Å². The molecule has 5 heteroatoms. The van der Waals surface area contributed by atoms with Gasteiger partial charge in [0.05, 0.1) is 12.2 Å². The van der Waals surface area contributed by atoms with Crippen LogP contribution < -0.4 is 10.5 Å². The number of methoxy groups -OCH3 is 1. The molecule has 106 valence electrons. The molecule has 19 heavy (non-hydrogen) atoms. The molecular weight excluding hydrogens is 244 g/mol. The number of hydrogen-bond acceptors (Lipinski definition) is 4. The second-order valence-electron chi connectivity index (χ2n) is 5.03. The Morgan fingerprint density at radius 3 is 2.68 bits per heavy atom. The number of oxime groups is 1. The van der Waals surface area contributed by atoms with E-state index in [0.717, 1.165) is 17.7 Å². The normalized spacial score (nSPS) is 12.5. The van der Waals surface area contributed by atoms with Crippen molar-refractivity contribution in [3.8, 4) is 5.75 Å². The van der Waals surface area contributed by atoms with Crippen LogP contribution in [0.25, 0.3) is 0 Å². The predicted molar refractivity (Wildman–Crippen MR) is 74.9 cm³/mol. The van der Waals surface area contributed by atoms with E-state index in [-0.39, 0.29) is 11.4 Å². The average molecular weight is 266 g/mol. The largest absolute Gasteiger partial charge is 0.493 e. The Kier molecular flexibility index (Phi) is 5.18. The van der Waals surface area contributed by atoms with Crippen LogP contribution in [0.2, 0.25) is 0 Å². The lowest BCUT2D eigenvalue weighted by molar-refractivity contribution is 0.00540. The Morgan fingerprint density at radius 1 is 1.42 bits per heavy atom. The van der Waals surface area contributed by atoms with Gasteiger partial charge in [-0.15, -0.1) is 0 Å². The molecule has 3 N–H and O–H groups in total. The van der Waals surface area contributed by atoms with Crippen molar-refractivity contribution in [1.29, 1.82) is 0 Å². The average Bonchev–Trinajstić information content (AvgIpc) is 2.40. The van der Waals surface area contributed by atoms with E-state index in [4.69, 9.17) is 20.4 Å². The fourth-order valence-electron chi connectivity index (χ4n) is 1.48. The molecule has 1 aromatic rings. The summed E-state index contributed by atoms with van der Waals surface area (Å²) < 4.78 is 11.1. The lowest BCUT2D eigenvalue weighted by Gasteiger charge is -2.23. The van der Waals surface area contributed by atoms with Gasteiger partial charge in [0.1, 0.15) is 5.75 Å². The Balaban J connectivity index is 2.73. The zero-order valence-corrected chi connectivity index (χ0v) is 11.9. The Labute approximate surface area is 114 Å². The predicted octanol–water partition coefficient (Wildman–Crippen LogP) is 2.28. The summed E-state index contributed by atoms with van der Waals surface area (Å²) in [5, 5.41) is 11.6. The Bertz CT molecular complexity index is 456. The molecule has 0 radical (unpaired) electrons. The van der Waals surface area contributed by atoms with Gasteiger partial charge in [0.25, 0.3) is 0 Å². The lowest BCUT2D eigenvalue weighted by atomic mass is 10.1. The van der Waals surface area contributed by atoms with Gasteiger partial charge in [0, 0.05) is 19.1 Å². The summed E-state index contributed by atoms with van der Waals surface area (Å²) in [5.41, 5.74) is 6.98. The van der Waals surface area contributed by atoms with Crippen molar-refractivity contribution in [1.82, 2.24) is 0 Å². The van der Waals surface area contributed by atoms with Crippen LogP contribution in [-0.2, 0) is 4.74 Å². The highest BCUT2D eigenvalue weighted by Crippen LogP contribution is 2.21. The summed E-state index contributed by atoms with van der Waals surface area (Å²) in [6.07, 6.45) is 0.775. The van der Waals surface area contributed by atoms with Gasteiger partial charge in [-0.2, -0.15) is 0 Å². The summed E-state index contributed by atoms with van der Waals surface area (Å²) in [5.74, 6) is 0.804. The molecule has 0 bridgehead atoms. The van der Waals surface area contributed by atoms with Gasteiger partial charge in [0.2, 0.25) is 0 Å². The monoisotopic (exact) mass is 266 g/mol. The molecule has 0 heterocycles. The highest BCUT2D eigenvalue weighted by atomic mass is 16.5. The maximum absolute atomic E-state index is 8.67. The van der Waals surface area contributed by atoms with Gasteiger partial charge in [-0.3, -0.25) is 0 Å². The van der Waals surface area contributed by atoms with E-state index in [0.29, 0.717) is 12.2 Å². The van der Waals surface area contributed by atoms with Gasteiger partial charge in [0.15, 0.2) is 5.84 Å². The number of nitrogens with zero attached hydrogens (tertiary/aromatic N) is 1. The molecule has 0 spiro atoms. The molecule has 0 saturated heterocycles. The molecular formula is C14H22N2O3. The number of nitrogens with two attached hydrogens (primary N) is 1. The van der Waals surface area contributed by atoms with Crippen molar-refractivity contribution in [2.24, 2.45) is 10.9 Å². The minimum Gasteiger partial charge on any atom is -0.493 e. The van der Waals surface area contributed by atoms with E-state index in [9.17, 15) is 0 Å². The number of ether oxygens (including phenoxy) is 2. The molecule has 0 atom stereocenters. The molecule has 0 aromatic heterocycles. The van der Waals surface area contributed by atoms with Crippen molar-refractivity contribution in [2.45, 2.75) is 32.8 Å². The minimum atomic E-state index is -0.211.